The Morgan fingerprint density at radius 3 is 2.10 bits per heavy atom. The first-order valence-corrected chi connectivity index (χ1v) is 19.4. The fourth-order valence-electron chi connectivity index (χ4n) is 5.15. The number of ether oxygens (including phenoxy) is 4. The number of rotatable bonds is 16. The maximum absolute atomic E-state index is 13.4. The van der Waals surface area contributed by atoms with Crippen molar-refractivity contribution in [2.24, 2.45) is 10.5 Å². The van der Waals surface area contributed by atoms with E-state index in [0.29, 0.717) is 11.3 Å². The van der Waals surface area contributed by atoms with E-state index in [9.17, 15) is 19.2 Å². The molecule has 0 spiro atoms. The summed E-state index contributed by atoms with van der Waals surface area (Å²) in [4.78, 5) is 54.9. The van der Waals surface area contributed by atoms with Gasteiger partial charge in [0.1, 0.15) is 24.6 Å². The number of carbonyl (C=O) groups is 4. The van der Waals surface area contributed by atoms with Crippen LogP contribution in [0.5, 0.6) is 0 Å². The van der Waals surface area contributed by atoms with Crippen molar-refractivity contribution >= 4 is 64.2 Å². The van der Waals surface area contributed by atoms with Crippen LogP contribution in [0.2, 0.25) is 0 Å². The van der Waals surface area contributed by atoms with Gasteiger partial charge in [0.2, 0.25) is 6.23 Å². The Morgan fingerprint density at radius 1 is 0.831 bits per heavy atom. The van der Waals surface area contributed by atoms with Crippen molar-refractivity contribution in [3.05, 3.63) is 127 Å². The van der Waals surface area contributed by atoms with Crippen LogP contribution in [0.25, 0.3) is 16.8 Å². The van der Waals surface area contributed by atoms with Gasteiger partial charge in [-0.25, -0.2) is 24.3 Å². The third-order valence-electron chi connectivity index (χ3n) is 8.60. The van der Waals surface area contributed by atoms with Crippen molar-refractivity contribution in [3.8, 4) is 0 Å². The molecule has 0 N–H and O–H groups in total. The maximum atomic E-state index is 13.4. The molecule has 0 aromatic heterocycles. The Bertz CT molecular complexity index is 2130. The first kappa shape index (κ1) is 45.9. The molecule has 2 unspecified atom stereocenters. The molecule has 0 aliphatic carbocycles. The van der Waals surface area contributed by atoms with E-state index in [1.165, 1.54) is 18.9 Å². The molecule has 5 rings (SSSR count). The highest BCUT2D eigenvalue weighted by molar-refractivity contribution is 7.94. The Hall–Kier alpha value is -5.80. The van der Waals surface area contributed by atoms with E-state index in [1.807, 2.05) is 84.9 Å². The molecule has 14 heteroatoms. The number of benzene rings is 4. The predicted octanol–water partition coefficient (Wildman–Crippen LogP) is 9.57. The van der Waals surface area contributed by atoms with Gasteiger partial charge in [-0.15, -0.1) is 4.33 Å². The highest BCUT2D eigenvalue weighted by Gasteiger charge is 2.46. The number of hydrazone groups is 1. The molecule has 4 aromatic carbocycles. The standard InChI is InChI=1S/C31H32N2O7.C14H18O4S/c1-20(2)28(34)37-17-18-38-29(35)26-25(23-16-15-21-11-9-10-12-22(21)19-23)27(39-30(36)40-31(3,4)5)33(32-26)24-13-7-6-8-14-24;1-5-12-6-8-13(9-7-12)19-18-17-16-10-14(3,4)11(2)15/h6-16,19,25,27H,1,17-18H2,2-5H3;5-9H,1,10H2,2-4H3. The summed E-state index contributed by atoms with van der Waals surface area (Å²) >= 11 is 1.03. The van der Waals surface area contributed by atoms with Gasteiger partial charge in [-0.3, -0.25) is 4.79 Å². The van der Waals surface area contributed by atoms with E-state index in [0.717, 1.165) is 33.3 Å². The summed E-state index contributed by atoms with van der Waals surface area (Å²) in [6.45, 7) is 18.8. The van der Waals surface area contributed by atoms with E-state index in [4.69, 9.17) is 28.2 Å². The minimum absolute atomic E-state index is 0.0268. The van der Waals surface area contributed by atoms with Crippen LogP contribution in [0, 0.1) is 5.41 Å². The topological polar surface area (TPSA) is 148 Å². The van der Waals surface area contributed by atoms with E-state index in [2.05, 4.69) is 23.3 Å². The van der Waals surface area contributed by atoms with Gasteiger partial charge in [-0.05, 0) is 80.8 Å². The maximum Gasteiger partial charge on any atom is 0.510 e. The molecule has 13 nitrogen and oxygen atoms in total. The predicted molar refractivity (Wildman–Crippen MR) is 226 cm³/mol. The van der Waals surface area contributed by atoms with Crippen molar-refractivity contribution in [3.63, 3.8) is 0 Å². The highest BCUT2D eigenvalue weighted by atomic mass is 32.2. The lowest BCUT2D eigenvalue weighted by Gasteiger charge is -2.29. The van der Waals surface area contributed by atoms with Gasteiger partial charge < -0.3 is 18.9 Å². The Labute approximate surface area is 348 Å². The molecule has 0 radical (unpaired) electrons. The lowest BCUT2D eigenvalue weighted by atomic mass is 9.90. The zero-order valence-electron chi connectivity index (χ0n) is 34.3. The largest absolute Gasteiger partial charge is 0.510 e. The molecule has 2 atom stereocenters. The fourth-order valence-corrected chi connectivity index (χ4v) is 5.54. The lowest BCUT2D eigenvalue weighted by molar-refractivity contribution is -0.465. The van der Waals surface area contributed by atoms with Crippen LogP contribution in [-0.4, -0.2) is 61.2 Å². The minimum atomic E-state index is -1.05. The van der Waals surface area contributed by atoms with Gasteiger partial charge in [-0.2, -0.15) is 5.10 Å². The molecule has 0 saturated heterocycles. The van der Waals surface area contributed by atoms with Gasteiger partial charge in [0.25, 0.3) is 0 Å². The Morgan fingerprint density at radius 2 is 1.47 bits per heavy atom. The molecule has 0 fully saturated rings. The van der Waals surface area contributed by atoms with Crippen LogP contribution in [0.3, 0.4) is 0 Å². The van der Waals surface area contributed by atoms with E-state index in [1.54, 1.807) is 52.8 Å². The van der Waals surface area contributed by atoms with Crippen LogP contribution >= 0.6 is 12.0 Å². The van der Waals surface area contributed by atoms with Crippen molar-refractivity contribution in [1.82, 2.24) is 0 Å². The molecule has 4 aromatic rings. The van der Waals surface area contributed by atoms with Crippen molar-refractivity contribution in [1.29, 1.82) is 0 Å². The average molecular weight is 827 g/mol. The van der Waals surface area contributed by atoms with Crippen LogP contribution in [0.15, 0.2) is 126 Å². The average Bonchev–Trinajstić information content (AvgIpc) is 3.57. The monoisotopic (exact) mass is 826 g/mol. The number of carbonyl (C=O) groups excluding carboxylic acids is 4. The third kappa shape index (κ3) is 13.9. The molecular weight excluding hydrogens is 777 g/mol. The quantitative estimate of drug-likeness (QED) is 0.0201. The second kappa shape index (κ2) is 21.3. The van der Waals surface area contributed by atoms with Crippen LogP contribution in [0.1, 0.15) is 65.5 Å². The van der Waals surface area contributed by atoms with Crippen LogP contribution in [-0.2, 0) is 47.6 Å². The molecule has 1 aliphatic rings. The van der Waals surface area contributed by atoms with Gasteiger partial charge in [0.05, 0.1) is 30.3 Å². The van der Waals surface area contributed by atoms with Gasteiger partial charge >= 0.3 is 18.1 Å². The number of anilines is 1. The number of Topliss-reactive ketones (excluding diaryl/α,β-unsaturated/α-hetero) is 1. The molecular formula is C45H50N2O11S. The summed E-state index contributed by atoms with van der Waals surface area (Å²) in [7, 11) is 0. The SMILES string of the molecule is C=C(C)C(=O)OCCOC(=O)C1=NN(c2ccccc2)C(OC(=O)OC(C)(C)C)C1c1ccc2ccccc2c1.C=Cc1ccc(SOOOCC(C)(C)C(C)=O)cc1. The Balaban J connectivity index is 0.000000340. The molecule has 59 heavy (non-hydrogen) atoms. The molecule has 1 aliphatic heterocycles. The summed E-state index contributed by atoms with van der Waals surface area (Å²) < 4.78 is 26.6. The van der Waals surface area contributed by atoms with Crippen molar-refractivity contribution < 1.29 is 52.4 Å². The van der Waals surface area contributed by atoms with E-state index >= 15 is 0 Å². The number of fused-ring (bicyclic) bond motifs is 1. The van der Waals surface area contributed by atoms with Crippen LogP contribution in [0.4, 0.5) is 10.5 Å². The second-order valence-electron chi connectivity index (χ2n) is 15.0. The zero-order chi connectivity index (χ0) is 43.2. The number of ketones is 1. The zero-order valence-corrected chi connectivity index (χ0v) is 35.1. The normalized spacial score (nSPS) is 15.0. The number of nitrogens with zero attached hydrogens (tertiary/aromatic N) is 2. The van der Waals surface area contributed by atoms with E-state index < -0.39 is 41.3 Å². The van der Waals surface area contributed by atoms with Crippen LogP contribution < -0.4 is 5.01 Å². The van der Waals surface area contributed by atoms with Crippen molar-refractivity contribution in [2.45, 2.75) is 71.1 Å². The fraction of sp³-hybridized carbons (Fsp3) is 0.311. The molecule has 0 amide bonds. The summed E-state index contributed by atoms with van der Waals surface area (Å²) in [5, 5.41) is 12.6. The summed E-state index contributed by atoms with van der Waals surface area (Å²) in [5.74, 6) is -2.10. The number of esters is 2. The number of hydrogen-bond donors (Lipinski definition) is 0. The third-order valence-corrected chi connectivity index (χ3v) is 9.19. The second-order valence-corrected chi connectivity index (χ2v) is 15.7. The van der Waals surface area contributed by atoms with Gasteiger partial charge in [0, 0.05) is 15.9 Å². The Kier molecular flexibility index (Phi) is 16.5. The number of hydrogen-bond acceptors (Lipinski definition) is 14. The van der Waals surface area contributed by atoms with Crippen molar-refractivity contribution in [2.75, 3.05) is 24.8 Å². The van der Waals surface area contributed by atoms with E-state index in [-0.39, 0.29) is 36.9 Å². The molecule has 1 heterocycles. The minimum Gasteiger partial charge on any atom is -0.459 e. The molecule has 0 bridgehead atoms. The summed E-state index contributed by atoms with van der Waals surface area (Å²) in [6, 6.07) is 30.2. The highest BCUT2D eigenvalue weighted by Crippen LogP contribution is 2.38. The first-order chi connectivity index (χ1) is 28.0. The van der Waals surface area contributed by atoms with Gasteiger partial charge in [-0.1, -0.05) is 111 Å². The number of para-hydroxylation sites is 1. The first-order valence-electron chi connectivity index (χ1n) is 18.7. The summed E-state index contributed by atoms with van der Waals surface area (Å²) in [6.07, 6.45) is -0.193. The van der Waals surface area contributed by atoms with Gasteiger partial charge in [0.15, 0.2) is 5.71 Å². The smallest absolute Gasteiger partial charge is 0.459 e. The summed E-state index contributed by atoms with van der Waals surface area (Å²) in [5.41, 5.74) is 1.21. The lowest BCUT2D eigenvalue weighted by Crippen LogP contribution is -2.39. The molecule has 312 valence electrons. The molecule has 0 saturated carbocycles.